The molecule has 0 saturated carbocycles. The molecule has 0 unspecified atom stereocenters. The summed E-state index contributed by atoms with van der Waals surface area (Å²) in [6, 6.07) is 15.1. The summed E-state index contributed by atoms with van der Waals surface area (Å²) in [7, 11) is -2.05. The summed E-state index contributed by atoms with van der Waals surface area (Å²) in [4.78, 5) is 2.58. The number of methoxy groups -OCH3 is 1. The zero-order valence-electron chi connectivity index (χ0n) is 18.7. The number of rotatable bonds is 6. The lowest BCUT2D eigenvalue weighted by Crippen LogP contribution is -2.67. The Kier molecular flexibility index (Phi) is 7.00. The molecule has 7 heteroatoms. The van der Waals surface area contributed by atoms with Gasteiger partial charge in [-0.2, -0.15) is 4.31 Å². The van der Waals surface area contributed by atoms with Gasteiger partial charge in [-0.05, 0) is 61.7 Å². The summed E-state index contributed by atoms with van der Waals surface area (Å²) >= 11 is 0. The third-order valence-electron chi connectivity index (χ3n) is 6.71. The first kappa shape index (κ1) is 23.0. The van der Waals surface area contributed by atoms with Crippen LogP contribution in [0.25, 0.3) is 6.08 Å². The first-order chi connectivity index (χ1) is 15.5. The average Bonchev–Trinajstić information content (AvgIpc) is 2.79. The molecular weight excluding hydrogens is 424 g/mol. The van der Waals surface area contributed by atoms with Crippen LogP contribution in [0.4, 0.5) is 0 Å². The number of hydrogen-bond acceptors (Lipinski definition) is 5. The number of hydrogen-bond donors (Lipinski definition) is 1. The van der Waals surface area contributed by atoms with E-state index in [1.54, 1.807) is 35.7 Å². The standard InChI is InChI=1S/C25H32N2O4S/c1-3-6-19-7-9-20(10-8-19)25-23-17-26(15-4-5-16-27(23)24(25)18-28)32(29,30)22-13-11-21(31-2)12-14-22/h3,6-14,23-25,28H,4-5,15-18H2,1-2H3/b6-3+/t23-,24+,25-/m1/s1. The molecular formula is C25H32N2O4S. The summed E-state index contributed by atoms with van der Waals surface area (Å²) in [5.41, 5.74) is 2.29. The molecule has 2 saturated heterocycles. The van der Waals surface area contributed by atoms with Crippen LogP contribution in [0, 0.1) is 0 Å². The van der Waals surface area contributed by atoms with E-state index in [1.165, 1.54) is 0 Å². The molecule has 0 aromatic heterocycles. The normalized spacial score (nSPS) is 25.0. The number of sulfonamides is 1. The number of aliphatic hydroxyl groups excluding tert-OH is 1. The Balaban J connectivity index is 1.61. The number of allylic oxidation sites excluding steroid dienone is 1. The van der Waals surface area contributed by atoms with Crippen molar-refractivity contribution >= 4 is 16.1 Å². The Bertz CT molecular complexity index is 1030. The average molecular weight is 457 g/mol. The predicted molar refractivity (Wildman–Crippen MR) is 126 cm³/mol. The molecule has 2 aromatic rings. The minimum absolute atomic E-state index is 0.0243. The van der Waals surface area contributed by atoms with E-state index < -0.39 is 10.0 Å². The van der Waals surface area contributed by atoms with Gasteiger partial charge in [-0.15, -0.1) is 0 Å². The maximum atomic E-state index is 13.4. The molecule has 2 aliphatic rings. The van der Waals surface area contributed by atoms with E-state index in [-0.39, 0.29) is 29.5 Å². The van der Waals surface area contributed by atoms with Crippen LogP contribution in [0.5, 0.6) is 5.75 Å². The van der Waals surface area contributed by atoms with Gasteiger partial charge in [0.25, 0.3) is 0 Å². The highest BCUT2D eigenvalue weighted by atomic mass is 32.2. The molecule has 4 rings (SSSR count). The number of nitrogens with zero attached hydrogens (tertiary/aromatic N) is 2. The van der Waals surface area contributed by atoms with Crippen LogP contribution >= 0.6 is 0 Å². The summed E-state index contributed by atoms with van der Waals surface area (Å²) in [6.45, 7) is 3.88. The van der Waals surface area contributed by atoms with Gasteiger partial charge in [0.1, 0.15) is 5.75 Å². The van der Waals surface area contributed by atoms with Gasteiger partial charge in [-0.25, -0.2) is 8.42 Å². The van der Waals surface area contributed by atoms with Crippen molar-refractivity contribution < 1.29 is 18.3 Å². The van der Waals surface area contributed by atoms with Crippen LogP contribution in [0.15, 0.2) is 59.5 Å². The van der Waals surface area contributed by atoms with Gasteiger partial charge in [-0.3, -0.25) is 4.90 Å². The van der Waals surface area contributed by atoms with Gasteiger partial charge in [-0.1, -0.05) is 36.4 Å². The van der Waals surface area contributed by atoms with Crippen LogP contribution < -0.4 is 4.74 Å². The smallest absolute Gasteiger partial charge is 0.243 e. The highest BCUT2D eigenvalue weighted by molar-refractivity contribution is 7.89. The first-order valence-electron chi connectivity index (χ1n) is 11.2. The Morgan fingerprint density at radius 1 is 1.06 bits per heavy atom. The fraction of sp³-hybridized carbons (Fsp3) is 0.440. The summed E-state index contributed by atoms with van der Waals surface area (Å²) in [5, 5.41) is 10.1. The van der Waals surface area contributed by atoms with Gasteiger partial charge in [0.05, 0.1) is 18.6 Å². The summed E-state index contributed by atoms with van der Waals surface area (Å²) in [6.07, 6.45) is 5.78. The molecule has 0 bridgehead atoms. The van der Waals surface area contributed by atoms with Crippen LogP contribution in [0.1, 0.15) is 36.8 Å². The second-order valence-electron chi connectivity index (χ2n) is 8.49. The van der Waals surface area contributed by atoms with Crippen LogP contribution in [-0.4, -0.2) is 68.2 Å². The van der Waals surface area contributed by atoms with Crippen molar-refractivity contribution in [1.29, 1.82) is 0 Å². The zero-order valence-corrected chi connectivity index (χ0v) is 19.5. The Labute approximate surface area is 191 Å². The highest BCUT2D eigenvalue weighted by Gasteiger charge is 2.50. The molecule has 0 radical (unpaired) electrons. The molecule has 2 aliphatic heterocycles. The van der Waals surface area contributed by atoms with Gasteiger partial charge < -0.3 is 9.84 Å². The van der Waals surface area contributed by atoms with E-state index in [1.807, 2.05) is 13.0 Å². The molecule has 1 N–H and O–H groups in total. The first-order valence-corrected chi connectivity index (χ1v) is 12.7. The fourth-order valence-electron chi connectivity index (χ4n) is 5.05. The van der Waals surface area contributed by atoms with E-state index >= 15 is 0 Å². The van der Waals surface area contributed by atoms with Crippen molar-refractivity contribution in [2.75, 3.05) is 33.4 Å². The summed E-state index contributed by atoms with van der Waals surface area (Å²) < 4.78 is 33.7. The fourth-order valence-corrected chi connectivity index (χ4v) is 6.54. The maximum Gasteiger partial charge on any atom is 0.243 e. The lowest BCUT2D eigenvalue weighted by Gasteiger charge is -2.57. The largest absolute Gasteiger partial charge is 0.497 e. The molecule has 32 heavy (non-hydrogen) atoms. The van der Waals surface area contributed by atoms with Crippen molar-refractivity contribution in [3.8, 4) is 5.75 Å². The molecule has 0 spiro atoms. The lowest BCUT2D eigenvalue weighted by molar-refractivity contribution is -0.0553. The van der Waals surface area contributed by atoms with Crippen molar-refractivity contribution in [2.45, 2.75) is 42.7 Å². The Hall–Kier alpha value is -2.19. The minimum atomic E-state index is -3.61. The quantitative estimate of drug-likeness (QED) is 0.722. The number of benzene rings is 2. The van der Waals surface area contributed by atoms with E-state index in [2.05, 4.69) is 35.2 Å². The van der Waals surface area contributed by atoms with Crippen LogP contribution in [-0.2, 0) is 10.0 Å². The second-order valence-corrected chi connectivity index (χ2v) is 10.4. The number of fused-ring (bicyclic) bond motifs is 1. The third kappa shape index (κ3) is 4.35. The minimum Gasteiger partial charge on any atom is -0.497 e. The van der Waals surface area contributed by atoms with E-state index in [0.717, 1.165) is 30.5 Å². The third-order valence-corrected chi connectivity index (χ3v) is 8.59. The van der Waals surface area contributed by atoms with Crippen molar-refractivity contribution in [2.24, 2.45) is 0 Å². The lowest BCUT2D eigenvalue weighted by atomic mass is 9.74. The van der Waals surface area contributed by atoms with Gasteiger partial charge in [0.2, 0.25) is 10.0 Å². The van der Waals surface area contributed by atoms with Crippen LogP contribution in [0.2, 0.25) is 0 Å². The molecule has 0 aliphatic carbocycles. The molecule has 2 aromatic carbocycles. The van der Waals surface area contributed by atoms with Gasteiger partial charge in [0.15, 0.2) is 0 Å². The van der Waals surface area contributed by atoms with Crippen LogP contribution in [0.3, 0.4) is 0 Å². The van der Waals surface area contributed by atoms with Gasteiger partial charge >= 0.3 is 0 Å². The molecule has 172 valence electrons. The van der Waals surface area contributed by atoms with Crippen molar-refractivity contribution in [3.05, 3.63) is 65.7 Å². The predicted octanol–water partition coefficient (Wildman–Crippen LogP) is 3.34. The van der Waals surface area contributed by atoms with E-state index in [9.17, 15) is 13.5 Å². The molecule has 2 heterocycles. The maximum absolute atomic E-state index is 13.4. The molecule has 6 nitrogen and oxygen atoms in total. The second kappa shape index (κ2) is 9.75. The van der Waals surface area contributed by atoms with E-state index in [4.69, 9.17) is 4.74 Å². The Morgan fingerprint density at radius 3 is 2.38 bits per heavy atom. The summed E-state index contributed by atoms with van der Waals surface area (Å²) in [5.74, 6) is 0.736. The van der Waals surface area contributed by atoms with Gasteiger partial charge in [0, 0.05) is 31.1 Å². The number of aliphatic hydroxyl groups is 1. The van der Waals surface area contributed by atoms with Crippen molar-refractivity contribution in [1.82, 2.24) is 9.21 Å². The monoisotopic (exact) mass is 456 g/mol. The molecule has 3 atom stereocenters. The van der Waals surface area contributed by atoms with Crippen molar-refractivity contribution in [3.63, 3.8) is 0 Å². The molecule has 2 fully saturated rings. The topological polar surface area (TPSA) is 70.1 Å². The number of ether oxygens (including phenoxy) is 1. The Morgan fingerprint density at radius 2 is 1.75 bits per heavy atom. The SMILES string of the molecule is C/C=C/c1ccc([C@@H]2[C@H]3CN(S(=O)(=O)c4ccc(OC)cc4)CCCCN3[C@H]2CO)cc1. The van der Waals surface area contributed by atoms with E-state index in [0.29, 0.717) is 18.8 Å². The highest BCUT2D eigenvalue weighted by Crippen LogP contribution is 2.42. The zero-order chi connectivity index (χ0) is 22.7. The molecule has 0 amide bonds.